The first-order valence-corrected chi connectivity index (χ1v) is 9.81. The molecule has 0 aliphatic carbocycles. The van der Waals surface area contributed by atoms with Crippen molar-refractivity contribution >= 4 is 11.9 Å². The number of halogens is 3. The van der Waals surface area contributed by atoms with Gasteiger partial charge in [-0.25, -0.2) is 9.97 Å². The van der Waals surface area contributed by atoms with E-state index in [2.05, 4.69) is 30.9 Å². The molecule has 0 aromatic carbocycles. The number of ether oxygens (including phenoxy) is 2. The maximum Gasteiger partial charge on any atom is 0.433 e. The van der Waals surface area contributed by atoms with E-state index < -0.39 is 11.9 Å². The Morgan fingerprint density at radius 2 is 2.21 bits per heavy atom. The summed E-state index contributed by atoms with van der Waals surface area (Å²) in [5.74, 6) is 1.09. The van der Waals surface area contributed by atoms with Gasteiger partial charge in [0.05, 0.1) is 13.2 Å². The molecule has 29 heavy (non-hydrogen) atoms. The third-order valence-electron chi connectivity index (χ3n) is 4.09. The number of anilines is 1. The molecule has 1 aromatic rings. The van der Waals surface area contributed by atoms with Crippen molar-refractivity contribution < 1.29 is 22.6 Å². The van der Waals surface area contributed by atoms with Gasteiger partial charge in [-0.1, -0.05) is 0 Å². The Labute approximate surface area is 168 Å². The van der Waals surface area contributed by atoms with Crippen LogP contribution in [-0.4, -0.2) is 68.5 Å². The maximum absolute atomic E-state index is 12.7. The van der Waals surface area contributed by atoms with E-state index in [-0.39, 0.29) is 5.95 Å². The second-order valence-electron chi connectivity index (χ2n) is 6.54. The van der Waals surface area contributed by atoms with Crippen molar-refractivity contribution in [1.82, 2.24) is 20.6 Å². The van der Waals surface area contributed by atoms with Gasteiger partial charge >= 0.3 is 6.18 Å². The first kappa shape index (κ1) is 23.1. The molecular weight excluding hydrogens is 389 g/mol. The van der Waals surface area contributed by atoms with Crippen molar-refractivity contribution in [1.29, 1.82) is 0 Å². The number of hydrogen-bond donors (Lipinski definition) is 3. The highest BCUT2D eigenvalue weighted by Gasteiger charge is 2.32. The normalized spacial score (nSPS) is 17.4. The van der Waals surface area contributed by atoms with E-state index >= 15 is 0 Å². The summed E-state index contributed by atoms with van der Waals surface area (Å²) in [5, 5.41) is 9.00. The molecule has 0 amide bonds. The first-order chi connectivity index (χ1) is 14.0. The van der Waals surface area contributed by atoms with Gasteiger partial charge in [-0.15, -0.1) is 0 Å². The molecule has 0 saturated carbocycles. The SMILES string of the molecule is CCNC(=NCCCOCC1CCOC1)NCCNc1nccc(C(F)(F)F)n1. The second kappa shape index (κ2) is 12.4. The molecule has 0 spiro atoms. The molecule has 1 aliphatic rings. The summed E-state index contributed by atoms with van der Waals surface area (Å²) in [6, 6.07) is 0.838. The molecule has 1 fully saturated rings. The first-order valence-electron chi connectivity index (χ1n) is 9.81. The number of rotatable bonds is 11. The Morgan fingerprint density at radius 1 is 1.34 bits per heavy atom. The maximum atomic E-state index is 12.7. The van der Waals surface area contributed by atoms with Crippen molar-refractivity contribution in [2.24, 2.45) is 10.9 Å². The average molecular weight is 418 g/mol. The topological polar surface area (TPSA) is 92.7 Å². The number of guanidine groups is 1. The minimum Gasteiger partial charge on any atom is -0.381 e. The summed E-state index contributed by atoms with van der Waals surface area (Å²) in [6.07, 6.45) is -1.54. The van der Waals surface area contributed by atoms with E-state index in [9.17, 15) is 13.2 Å². The van der Waals surface area contributed by atoms with Crippen molar-refractivity contribution in [2.75, 3.05) is 57.9 Å². The highest BCUT2D eigenvalue weighted by molar-refractivity contribution is 5.79. The third kappa shape index (κ3) is 9.27. The van der Waals surface area contributed by atoms with Gasteiger partial charge in [-0.05, 0) is 25.8 Å². The zero-order chi connectivity index (χ0) is 21.0. The highest BCUT2D eigenvalue weighted by Crippen LogP contribution is 2.27. The lowest BCUT2D eigenvalue weighted by Crippen LogP contribution is -2.39. The summed E-state index contributed by atoms with van der Waals surface area (Å²) in [6.45, 7) is 7.05. The zero-order valence-electron chi connectivity index (χ0n) is 16.6. The Balaban J connectivity index is 1.63. The minimum absolute atomic E-state index is 0.0617. The largest absolute Gasteiger partial charge is 0.433 e. The number of hydrogen-bond acceptors (Lipinski definition) is 6. The van der Waals surface area contributed by atoms with Gasteiger partial charge < -0.3 is 25.4 Å². The van der Waals surface area contributed by atoms with Gasteiger partial charge in [-0.3, -0.25) is 4.99 Å². The van der Waals surface area contributed by atoms with Crippen molar-refractivity contribution in [3.05, 3.63) is 18.0 Å². The predicted molar refractivity (Wildman–Crippen MR) is 104 cm³/mol. The molecule has 1 atom stereocenters. The molecule has 0 radical (unpaired) electrons. The molecule has 0 bridgehead atoms. The standard InChI is InChI=1S/C18H29F3N6O2/c1-2-22-16(23-6-3-10-28-12-14-5-11-29-13-14)25-8-9-26-17-24-7-4-15(27-17)18(19,20)21/h4,7,14H,2-3,5-6,8-13H2,1H3,(H2,22,23,25)(H,24,26,27). The van der Waals surface area contributed by atoms with Crippen LogP contribution in [0.2, 0.25) is 0 Å². The molecule has 11 heteroatoms. The molecule has 1 unspecified atom stereocenters. The van der Waals surface area contributed by atoms with E-state index in [1.165, 1.54) is 0 Å². The third-order valence-corrected chi connectivity index (χ3v) is 4.09. The lowest BCUT2D eigenvalue weighted by molar-refractivity contribution is -0.141. The fourth-order valence-electron chi connectivity index (χ4n) is 2.62. The van der Waals surface area contributed by atoms with E-state index in [1.807, 2.05) is 6.92 Å². The molecule has 164 valence electrons. The molecular formula is C18H29F3N6O2. The lowest BCUT2D eigenvalue weighted by Gasteiger charge is -2.12. The van der Waals surface area contributed by atoms with E-state index in [1.54, 1.807) is 0 Å². The smallest absolute Gasteiger partial charge is 0.381 e. The summed E-state index contributed by atoms with van der Waals surface area (Å²) in [5.41, 5.74) is -0.972. The second-order valence-corrected chi connectivity index (χ2v) is 6.54. The Bertz CT molecular complexity index is 624. The van der Waals surface area contributed by atoms with E-state index in [0.29, 0.717) is 44.7 Å². The molecule has 2 rings (SSSR count). The lowest BCUT2D eigenvalue weighted by atomic mass is 10.1. The van der Waals surface area contributed by atoms with Gasteiger partial charge in [0.2, 0.25) is 5.95 Å². The zero-order valence-corrected chi connectivity index (χ0v) is 16.6. The summed E-state index contributed by atoms with van der Waals surface area (Å²) in [4.78, 5) is 11.7. The van der Waals surface area contributed by atoms with Crippen molar-refractivity contribution in [2.45, 2.75) is 25.9 Å². The van der Waals surface area contributed by atoms with Crippen LogP contribution in [0.4, 0.5) is 19.1 Å². The van der Waals surface area contributed by atoms with Gasteiger partial charge in [0.15, 0.2) is 5.96 Å². The molecule has 2 heterocycles. The number of aliphatic imine (C=N–C) groups is 1. The van der Waals surface area contributed by atoms with Crippen LogP contribution >= 0.6 is 0 Å². The van der Waals surface area contributed by atoms with Gasteiger partial charge in [0.25, 0.3) is 0 Å². The van der Waals surface area contributed by atoms with Crippen LogP contribution in [-0.2, 0) is 15.7 Å². The molecule has 8 nitrogen and oxygen atoms in total. The number of aromatic nitrogens is 2. The van der Waals surface area contributed by atoms with Gasteiger partial charge in [0.1, 0.15) is 5.69 Å². The number of alkyl halides is 3. The van der Waals surface area contributed by atoms with Crippen LogP contribution in [0.25, 0.3) is 0 Å². The molecule has 1 aliphatic heterocycles. The summed E-state index contributed by atoms with van der Waals surface area (Å²) >= 11 is 0. The average Bonchev–Trinajstić information content (AvgIpc) is 3.21. The minimum atomic E-state index is -4.49. The van der Waals surface area contributed by atoms with Crippen LogP contribution in [0.5, 0.6) is 0 Å². The van der Waals surface area contributed by atoms with Gasteiger partial charge in [0, 0.05) is 51.5 Å². The highest BCUT2D eigenvalue weighted by atomic mass is 19.4. The number of nitrogens with one attached hydrogen (secondary N) is 3. The number of nitrogens with zero attached hydrogens (tertiary/aromatic N) is 3. The monoisotopic (exact) mass is 418 g/mol. The summed E-state index contributed by atoms with van der Waals surface area (Å²) < 4.78 is 48.9. The van der Waals surface area contributed by atoms with Crippen LogP contribution in [0, 0.1) is 5.92 Å². The quantitative estimate of drug-likeness (QED) is 0.287. The fraction of sp³-hybridized carbons (Fsp3) is 0.722. The molecule has 1 aromatic heterocycles. The van der Waals surface area contributed by atoms with Crippen molar-refractivity contribution in [3.8, 4) is 0 Å². The van der Waals surface area contributed by atoms with Crippen molar-refractivity contribution in [3.63, 3.8) is 0 Å². The Kier molecular flexibility index (Phi) is 9.92. The van der Waals surface area contributed by atoms with E-state index in [4.69, 9.17) is 9.47 Å². The van der Waals surface area contributed by atoms with Gasteiger partial charge in [-0.2, -0.15) is 13.2 Å². The fourth-order valence-corrected chi connectivity index (χ4v) is 2.62. The Hall–Kier alpha value is -2.14. The van der Waals surface area contributed by atoms with Crippen LogP contribution in [0.3, 0.4) is 0 Å². The predicted octanol–water partition coefficient (Wildman–Crippen LogP) is 1.91. The van der Waals surface area contributed by atoms with E-state index in [0.717, 1.165) is 44.9 Å². The van der Waals surface area contributed by atoms with Crippen LogP contribution in [0.15, 0.2) is 17.3 Å². The van der Waals surface area contributed by atoms with Crippen LogP contribution in [0.1, 0.15) is 25.5 Å². The Morgan fingerprint density at radius 3 is 2.93 bits per heavy atom. The van der Waals surface area contributed by atoms with Crippen LogP contribution < -0.4 is 16.0 Å². The molecule has 1 saturated heterocycles. The summed E-state index contributed by atoms with van der Waals surface area (Å²) in [7, 11) is 0. The molecule has 3 N–H and O–H groups in total.